The van der Waals surface area contributed by atoms with E-state index in [-0.39, 0.29) is 10.8 Å². The first-order valence-corrected chi connectivity index (χ1v) is 30.2. The molecule has 2 unspecified atom stereocenters. The zero-order chi connectivity index (χ0) is 56.8. The smallest absolute Gasteiger partial charge is 0.0465 e. The minimum atomic E-state index is -0.0718. The van der Waals surface area contributed by atoms with Gasteiger partial charge in [0.1, 0.15) is 0 Å². The van der Waals surface area contributed by atoms with Crippen LogP contribution in [0.4, 0.5) is 34.1 Å². The van der Waals surface area contributed by atoms with E-state index in [2.05, 4.69) is 329 Å². The predicted octanol–water partition coefficient (Wildman–Crippen LogP) is 23.1. The molecule has 0 bridgehead atoms. The van der Waals surface area contributed by atoms with E-state index in [0.29, 0.717) is 0 Å². The summed E-state index contributed by atoms with van der Waals surface area (Å²) < 4.78 is 0. The minimum absolute atomic E-state index is 0.0208. The topological polar surface area (TPSA) is 6.48 Å². The molecule has 84 heavy (non-hydrogen) atoms. The van der Waals surface area contributed by atoms with Gasteiger partial charge in [0.05, 0.1) is 0 Å². The Balaban J connectivity index is 0.770. The van der Waals surface area contributed by atoms with Crippen LogP contribution in [0.3, 0.4) is 0 Å². The summed E-state index contributed by atoms with van der Waals surface area (Å²) in [7, 11) is 0. The van der Waals surface area contributed by atoms with Crippen molar-refractivity contribution in [1.82, 2.24) is 0 Å². The van der Waals surface area contributed by atoms with Crippen molar-refractivity contribution in [2.75, 3.05) is 9.80 Å². The van der Waals surface area contributed by atoms with Gasteiger partial charge in [0.25, 0.3) is 0 Å². The highest BCUT2D eigenvalue weighted by atomic mass is 15.1. The van der Waals surface area contributed by atoms with Crippen molar-refractivity contribution in [3.8, 4) is 77.9 Å². The van der Waals surface area contributed by atoms with Gasteiger partial charge < -0.3 is 9.80 Å². The molecule has 2 aliphatic rings. The first kappa shape index (κ1) is 52.3. The van der Waals surface area contributed by atoms with Gasteiger partial charge in [-0.2, -0.15) is 0 Å². The van der Waals surface area contributed by atoms with Crippen molar-refractivity contribution < 1.29 is 0 Å². The van der Waals surface area contributed by atoms with Gasteiger partial charge in [-0.1, -0.05) is 240 Å². The van der Waals surface area contributed by atoms with E-state index >= 15 is 0 Å². The van der Waals surface area contributed by atoms with Gasteiger partial charge in [0, 0.05) is 45.0 Å². The number of hydrogen-bond acceptors (Lipinski definition) is 2. The van der Waals surface area contributed by atoms with Crippen LogP contribution in [0.2, 0.25) is 0 Å². The monoisotopic (exact) mass is 1080 g/mol. The van der Waals surface area contributed by atoms with Crippen molar-refractivity contribution in [3.05, 3.63) is 313 Å². The molecule has 2 atom stereocenters. The Labute approximate surface area is 496 Å². The molecular formula is C82H68N2. The van der Waals surface area contributed by atoms with Gasteiger partial charge in [-0.3, -0.25) is 0 Å². The Kier molecular flexibility index (Phi) is 13.6. The Morgan fingerprint density at radius 2 is 0.571 bits per heavy atom. The summed E-state index contributed by atoms with van der Waals surface area (Å²) in [6.45, 7) is 9.43. The molecule has 0 aliphatic heterocycles. The number of anilines is 6. The number of fused-ring (bicyclic) bond motifs is 6. The molecule has 0 amide bonds. The second-order valence-electron chi connectivity index (χ2n) is 23.2. The maximum Gasteiger partial charge on any atom is 0.0465 e. The van der Waals surface area contributed by atoms with Crippen LogP contribution in [-0.2, 0) is 10.8 Å². The molecule has 14 rings (SSSR count). The molecule has 12 aromatic carbocycles. The van der Waals surface area contributed by atoms with E-state index in [1.165, 1.54) is 106 Å². The lowest BCUT2D eigenvalue weighted by Crippen LogP contribution is -2.24. The number of nitrogens with zero attached hydrogens (tertiary/aromatic N) is 2. The van der Waals surface area contributed by atoms with Crippen molar-refractivity contribution in [1.29, 1.82) is 0 Å². The Bertz CT molecular complexity index is 4330. The molecule has 0 radical (unpaired) electrons. The van der Waals surface area contributed by atoms with Gasteiger partial charge in [-0.25, -0.2) is 0 Å². The summed E-state index contributed by atoms with van der Waals surface area (Å²) in [6.07, 6.45) is 4.32. The van der Waals surface area contributed by atoms with Crippen molar-refractivity contribution in [2.24, 2.45) is 0 Å². The quantitative estimate of drug-likeness (QED) is 0.101. The summed E-state index contributed by atoms with van der Waals surface area (Å²) in [4.78, 5) is 4.86. The van der Waals surface area contributed by atoms with Crippen LogP contribution in [0.5, 0.6) is 0 Å². The SMILES string of the molecule is CCCC1(CC)c2ccccc2-c2ccc(N(c3ccc(-c4ccccc4)cc3)c3ccc(-c4cccc(-c5cccc(-c6ccc(N(c7ccc(-c8ccccc8)cc7)c7ccc8c(c7)C(C)(CC)c7ccccc7-8)cc6)c5)c4)cc3)cc21. The third-order valence-electron chi connectivity index (χ3n) is 18.6. The van der Waals surface area contributed by atoms with Gasteiger partial charge in [-0.05, 0) is 204 Å². The minimum Gasteiger partial charge on any atom is -0.310 e. The number of benzene rings is 12. The predicted molar refractivity (Wildman–Crippen MR) is 357 cm³/mol. The molecule has 2 aliphatic carbocycles. The highest BCUT2D eigenvalue weighted by Crippen LogP contribution is 2.56. The molecule has 0 fully saturated rings. The van der Waals surface area contributed by atoms with Crippen LogP contribution < -0.4 is 9.80 Å². The third-order valence-corrected chi connectivity index (χ3v) is 18.6. The average Bonchev–Trinajstić information content (AvgIpc) is 3.36. The standard InChI is InChI=1S/C82H68N2/c1-5-52-82(7-3)78-31-17-15-29-74(78)76-51-49-72(56-80(76)82)84(68-42-34-60(35-43-68)58-22-12-9-13-23-58)70-46-38-62(39-47-70)64-25-19-27-66(54-64)65-26-18-24-63(53-65)61-36-44-69(45-37-61)83(67-40-32-59(33-41-67)57-20-10-8-11-21-57)71-48-50-75-73-28-14-16-30-77(73)81(4,6-2)79(75)55-71/h8-51,53-56H,5-7,52H2,1-4H3. The molecule has 12 aromatic rings. The average molecular weight is 1080 g/mol. The summed E-state index contributed by atoms with van der Waals surface area (Å²) in [6, 6.07) is 108. The normalized spacial score (nSPS) is 15.4. The van der Waals surface area contributed by atoms with Crippen LogP contribution >= 0.6 is 0 Å². The number of hydrogen-bond donors (Lipinski definition) is 0. The van der Waals surface area contributed by atoms with Crippen LogP contribution in [0.25, 0.3) is 77.9 Å². The summed E-state index contributed by atoms with van der Waals surface area (Å²) in [5, 5.41) is 0. The Morgan fingerprint density at radius 1 is 0.250 bits per heavy atom. The highest BCUT2D eigenvalue weighted by molar-refractivity contribution is 5.89. The second-order valence-corrected chi connectivity index (χ2v) is 23.2. The molecule has 406 valence electrons. The highest BCUT2D eigenvalue weighted by Gasteiger charge is 2.42. The summed E-state index contributed by atoms with van der Waals surface area (Å²) in [5.41, 5.74) is 29.8. The number of rotatable bonds is 15. The van der Waals surface area contributed by atoms with Crippen LogP contribution in [0.1, 0.15) is 75.6 Å². The van der Waals surface area contributed by atoms with Gasteiger partial charge in [0.2, 0.25) is 0 Å². The van der Waals surface area contributed by atoms with E-state index in [1.54, 1.807) is 0 Å². The van der Waals surface area contributed by atoms with Crippen LogP contribution in [-0.4, -0.2) is 0 Å². The third kappa shape index (κ3) is 9.14. The van der Waals surface area contributed by atoms with Gasteiger partial charge >= 0.3 is 0 Å². The molecule has 0 saturated heterocycles. The van der Waals surface area contributed by atoms with Gasteiger partial charge in [-0.15, -0.1) is 0 Å². The molecule has 0 N–H and O–H groups in total. The van der Waals surface area contributed by atoms with E-state index < -0.39 is 0 Å². The molecule has 0 heterocycles. The maximum atomic E-state index is 2.50. The van der Waals surface area contributed by atoms with Crippen LogP contribution in [0.15, 0.2) is 291 Å². The van der Waals surface area contributed by atoms with Crippen molar-refractivity contribution >= 4 is 34.1 Å². The maximum absolute atomic E-state index is 2.50. The fourth-order valence-corrected chi connectivity index (χ4v) is 14.0. The molecule has 0 saturated carbocycles. The fourth-order valence-electron chi connectivity index (χ4n) is 14.0. The largest absolute Gasteiger partial charge is 0.310 e. The first-order chi connectivity index (χ1) is 41.3. The lowest BCUT2D eigenvalue weighted by Gasteiger charge is -2.32. The van der Waals surface area contributed by atoms with E-state index in [9.17, 15) is 0 Å². The molecule has 2 heteroatoms. The van der Waals surface area contributed by atoms with Gasteiger partial charge in [0.15, 0.2) is 0 Å². The van der Waals surface area contributed by atoms with E-state index in [4.69, 9.17) is 0 Å². The van der Waals surface area contributed by atoms with Crippen molar-refractivity contribution in [3.63, 3.8) is 0 Å². The summed E-state index contributed by atoms with van der Waals surface area (Å²) in [5.74, 6) is 0. The van der Waals surface area contributed by atoms with E-state index in [0.717, 1.165) is 54.1 Å². The molecular weight excluding hydrogens is 1010 g/mol. The fraction of sp³-hybridized carbons (Fsp3) is 0.122. The first-order valence-electron chi connectivity index (χ1n) is 30.2. The Morgan fingerprint density at radius 3 is 1.00 bits per heavy atom. The zero-order valence-electron chi connectivity index (χ0n) is 48.4. The van der Waals surface area contributed by atoms with Crippen LogP contribution in [0, 0.1) is 0 Å². The van der Waals surface area contributed by atoms with E-state index in [1.807, 2.05) is 0 Å². The Hall–Kier alpha value is -9.76. The molecule has 2 nitrogen and oxygen atoms in total. The molecule has 0 spiro atoms. The lowest BCUT2D eigenvalue weighted by molar-refractivity contribution is 0.461. The second kappa shape index (κ2) is 21.9. The molecule has 0 aromatic heterocycles. The van der Waals surface area contributed by atoms with Crippen molar-refractivity contribution in [2.45, 2.75) is 64.2 Å². The zero-order valence-corrected chi connectivity index (χ0v) is 48.4. The lowest BCUT2D eigenvalue weighted by atomic mass is 9.72. The summed E-state index contributed by atoms with van der Waals surface area (Å²) >= 11 is 0.